The van der Waals surface area contributed by atoms with Crippen molar-refractivity contribution in [2.24, 2.45) is 0 Å². The zero-order valence-corrected chi connectivity index (χ0v) is 5.95. The van der Waals surface area contributed by atoms with Crippen LogP contribution in [0.2, 0.25) is 0 Å². The molecule has 2 N–H and O–H groups in total. The van der Waals surface area contributed by atoms with Gasteiger partial charge in [0.1, 0.15) is 6.10 Å². The van der Waals surface area contributed by atoms with Crippen molar-refractivity contribution in [1.82, 2.24) is 0 Å². The van der Waals surface area contributed by atoms with Gasteiger partial charge in [-0.3, -0.25) is 0 Å². The summed E-state index contributed by atoms with van der Waals surface area (Å²) in [5, 5.41) is 17.5. The Morgan fingerprint density at radius 1 is 1.82 bits per heavy atom. The summed E-state index contributed by atoms with van der Waals surface area (Å²) < 4.78 is 17.3. The van der Waals surface area contributed by atoms with E-state index >= 15 is 0 Å². The smallest absolute Gasteiger partial charge is 0.346 e. The van der Waals surface area contributed by atoms with Gasteiger partial charge in [-0.2, -0.15) is 0 Å². The SMILES string of the molecule is C[C@]1(F)C(=O)OC(CO)[C@H]1O. The fourth-order valence-corrected chi connectivity index (χ4v) is 0.924. The normalized spacial score (nSPS) is 44.2. The van der Waals surface area contributed by atoms with Crippen molar-refractivity contribution in [3.8, 4) is 0 Å². The van der Waals surface area contributed by atoms with Crippen LogP contribution in [0.1, 0.15) is 6.92 Å². The molecular weight excluding hydrogens is 155 g/mol. The van der Waals surface area contributed by atoms with Gasteiger partial charge in [0.15, 0.2) is 6.10 Å². The minimum Gasteiger partial charge on any atom is -0.455 e. The van der Waals surface area contributed by atoms with Crippen LogP contribution in [0.4, 0.5) is 4.39 Å². The number of cyclic esters (lactones) is 1. The molecule has 1 aliphatic rings. The summed E-state index contributed by atoms with van der Waals surface area (Å²) in [7, 11) is 0. The van der Waals surface area contributed by atoms with Crippen LogP contribution in [-0.4, -0.2) is 40.7 Å². The molecular formula is C6H9FO4. The highest BCUT2D eigenvalue weighted by molar-refractivity contribution is 5.82. The van der Waals surface area contributed by atoms with Crippen molar-refractivity contribution < 1.29 is 24.1 Å². The van der Waals surface area contributed by atoms with Gasteiger partial charge in [0.05, 0.1) is 6.61 Å². The third-order valence-corrected chi connectivity index (χ3v) is 1.75. The standard InChI is InChI=1S/C6H9FO4/c1-6(7)4(9)3(2-8)11-5(6)10/h3-4,8-9H,2H2,1H3/t3?,4-,6-/m1/s1. The highest BCUT2D eigenvalue weighted by atomic mass is 19.1. The van der Waals surface area contributed by atoms with E-state index in [1.807, 2.05) is 0 Å². The maximum Gasteiger partial charge on any atom is 0.346 e. The van der Waals surface area contributed by atoms with Gasteiger partial charge in [-0.25, -0.2) is 9.18 Å². The molecule has 0 aromatic heterocycles. The number of hydrogen-bond donors (Lipinski definition) is 2. The molecule has 0 amide bonds. The number of esters is 1. The monoisotopic (exact) mass is 164 g/mol. The van der Waals surface area contributed by atoms with E-state index in [2.05, 4.69) is 4.74 Å². The van der Waals surface area contributed by atoms with Crippen LogP contribution < -0.4 is 0 Å². The minimum atomic E-state index is -2.38. The second-order valence-electron chi connectivity index (χ2n) is 2.65. The predicted octanol–water partition coefficient (Wildman–Crippen LogP) is -1.01. The number of alkyl halides is 1. The highest BCUT2D eigenvalue weighted by Crippen LogP contribution is 2.29. The number of ether oxygens (including phenoxy) is 1. The summed E-state index contributed by atoms with van der Waals surface area (Å²) in [6.45, 7) is 0.363. The lowest BCUT2D eigenvalue weighted by Gasteiger charge is -2.14. The number of halogens is 1. The van der Waals surface area contributed by atoms with Crippen molar-refractivity contribution in [3.63, 3.8) is 0 Å². The number of aliphatic hydroxyl groups excluding tert-OH is 2. The fraction of sp³-hybridized carbons (Fsp3) is 0.833. The summed E-state index contributed by atoms with van der Waals surface area (Å²) in [5.41, 5.74) is -2.38. The van der Waals surface area contributed by atoms with Crippen molar-refractivity contribution in [3.05, 3.63) is 0 Å². The molecule has 1 fully saturated rings. The number of carbonyl (C=O) groups is 1. The molecule has 5 heteroatoms. The van der Waals surface area contributed by atoms with Crippen molar-refractivity contribution in [2.45, 2.75) is 24.8 Å². The average Bonchev–Trinajstić information content (AvgIpc) is 2.14. The van der Waals surface area contributed by atoms with Crippen molar-refractivity contribution in [2.75, 3.05) is 6.61 Å². The minimum absolute atomic E-state index is 0.563. The second kappa shape index (κ2) is 2.42. The van der Waals surface area contributed by atoms with Crippen LogP contribution in [0.3, 0.4) is 0 Å². The quantitative estimate of drug-likeness (QED) is 0.487. The van der Waals surface area contributed by atoms with Crippen LogP contribution in [0.5, 0.6) is 0 Å². The largest absolute Gasteiger partial charge is 0.455 e. The van der Waals surface area contributed by atoms with Gasteiger partial charge in [-0.15, -0.1) is 0 Å². The van der Waals surface area contributed by atoms with E-state index in [4.69, 9.17) is 10.2 Å². The van der Waals surface area contributed by atoms with Crippen LogP contribution >= 0.6 is 0 Å². The summed E-state index contributed by atoms with van der Waals surface area (Å²) >= 11 is 0. The molecule has 1 aliphatic heterocycles. The molecule has 4 nitrogen and oxygen atoms in total. The average molecular weight is 164 g/mol. The van der Waals surface area contributed by atoms with Gasteiger partial charge < -0.3 is 14.9 Å². The molecule has 0 aliphatic carbocycles. The van der Waals surface area contributed by atoms with E-state index in [1.165, 1.54) is 0 Å². The second-order valence-corrected chi connectivity index (χ2v) is 2.65. The summed E-state index contributed by atoms with van der Waals surface area (Å²) in [5.74, 6) is -1.12. The van der Waals surface area contributed by atoms with Crippen LogP contribution in [0.25, 0.3) is 0 Å². The van der Waals surface area contributed by atoms with Crippen LogP contribution in [0.15, 0.2) is 0 Å². The lowest BCUT2D eigenvalue weighted by molar-refractivity contribution is -0.150. The molecule has 0 saturated carbocycles. The Bertz CT molecular complexity index is 179. The maximum atomic E-state index is 13.0. The first kappa shape index (κ1) is 8.42. The number of carbonyl (C=O) groups excluding carboxylic acids is 1. The Hall–Kier alpha value is -0.680. The number of rotatable bonds is 1. The molecule has 0 aromatic carbocycles. The lowest BCUT2D eigenvalue weighted by atomic mass is 10.0. The molecule has 1 unspecified atom stereocenters. The molecule has 1 rings (SSSR count). The zero-order valence-electron chi connectivity index (χ0n) is 5.95. The fourth-order valence-electron chi connectivity index (χ4n) is 0.924. The molecule has 0 radical (unpaired) electrons. The first-order valence-electron chi connectivity index (χ1n) is 3.19. The van der Waals surface area contributed by atoms with Gasteiger partial charge in [-0.1, -0.05) is 0 Å². The van der Waals surface area contributed by atoms with Crippen molar-refractivity contribution in [1.29, 1.82) is 0 Å². The summed E-state index contributed by atoms with van der Waals surface area (Å²) in [6.07, 6.45) is -2.70. The van der Waals surface area contributed by atoms with Crippen LogP contribution in [-0.2, 0) is 9.53 Å². The third-order valence-electron chi connectivity index (χ3n) is 1.75. The Morgan fingerprint density at radius 3 is 2.55 bits per heavy atom. The molecule has 0 aromatic rings. The molecule has 1 saturated heterocycles. The molecule has 0 spiro atoms. The molecule has 64 valence electrons. The Balaban J connectivity index is 2.80. The van der Waals surface area contributed by atoms with E-state index < -0.39 is 30.5 Å². The molecule has 11 heavy (non-hydrogen) atoms. The Morgan fingerprint density at radius 2 is 2.36 bits per heavy atom. The lowest BCUT2D eigenvalue weighted by Crippen LogP contribution is -2.40. The third kappa shape index (κ3) is 1.10. The Kier molecular flexibility index (Phi) is 1.85. The van der Waals surface area contributed by atoms with Gasteiger partial charge in [0.2, 0.25) is 5.67 Å². The highest BCUT2D eigenvalue weighted by Gasteiger charge is 2.54. The molecule has 1 heterocycles. The predicted molar refractivity (Wildman–Crippen MR) is 32.5 cm³/mol. The molecule has 3 atom stereocenters. The van der Waals surface area contributed by atoms with Gasteiger partial charge >= 0.3 is 5.97 Å². The topological polar surface area (TPSA) is 66.8 Å². The molecule has 0 bridgehead atoms. The number of hydrogen-bond acceptors (Lipinski definition) is 4. The van der Waals surface area contributed by atoms with E-state index in [-0.39, 0.29) is 0 Å². The van der Waals surface area contributed by atoms with E-state index in [9.17, 15) is 9.18 Å². The summed E-state index contributed by atoms with van der Waals surface area (Å²) in [6, 6.07) is 0. The van der Waals surface area contributed by atoms with Gasteiger partial charge in [-0.05, 0) is 6.92 Å². The maximum absolute atomic E-state index is 13.0. The zero-order chi connectivity index (χ0) is 8.65. The first-order chi connectivity index (χ1) is 5.00. The van der Waals surface area contributed by atoms with Gasteiger partial charge in [0.25, 0.3) is 0 Å². The van der Waals surface area contributed by atoms with E-state index in [0.717, 1.165) is 6.92 Å². The Labute approximate surface area is 62.6 Å². The van der Waals surface area contributed by atoms with E-state index in [0.29, 0.717) is 0 Å². The van der Waals surface area contributed by atoms with Crippen LogP contribution in [0, 0.1) is 0 Å². The van der Waals surface area contributed by atoms with Gasteiger partial charge in [0, 0.05) is 0 Å². The number of aliphatic hydroxyl groups is 2. The summed E-state index contributed by atoms with van der Waals surface area (Å²) in [4.78, 5) is 10.6. The first-order valence-corrected chi connectivity index (χ1v) is 3.19. The van der Waals surface area contributed by atoms with Crippen molar-refractivity contribution >= 4 is 5.97 Å². The van der Waals surface area contributed by atoms with E-state index in [1.54, 1.807) is 0 Å².